The average Bonchev–Trinajstić information content (AvgIpc) is 2.52. The van der Waals surface area contributed by atoms with E-state index in [2.05, 4.69) is 0 Å². The number of likely N-dealkylation sites (tertiary alicyclic amines) is 1. The van der Waals surface area contributed by atoms with Crippen molar-refractivity contribution in [3.63, 3.8) is 0 Å². The van der Waals surface area contributed by atoms with Crippen molar-refractivity contribution in [3.8, 4) is 0 Å². The van der Waals surface area contributed by atoms with Crippen molar-refractivity contribution in [2.75, 3.05) is 0 Å². The molecule has 2 aromatic rings. The standard InChI is InChI=1S/C18H19NO2/c1-13(2)19-16(14-9-5-3-6-10-14)18(21,17(19)20)15-11-7-4-8-12-15/h3-13,16,21H,1-2H3/t16-,18-/m1/s1. The summed E-state index contributed by atoms with van der Waals surface area (Å²) in [6, 6.07) is 18.6. The number of β-lactam (4-membered cyclic amide) rings is 1. The summed E-state index contributed by atoms with van der Waals surface area (Å²) in [6.45, 7) is 3.94. The van der Waals surface area contributed by atoms with Gasteiger partial charge in [-0.25, -0.2) is 0 Å². The first-order chi connectivity index (χ1) is 10.1. The zero-order valence-corrected chi connectivity index (χ0v) is 12.2. The predicted octanol–water partition coefficient (Wildman–Crippen LogP) is 2.87. The zero-order chi connectivity index (χ0) is 15.0. The maximum atomic E-state index is 12.6. The summed E-state index contributed by atoms with van der Waals surface area (Å²) in [6.07, 6.45) is 0. The zero-order valence-electron chi connectivity index (χ0n) is 12.2. The minimum absolute atomic E-state index is 0.0479. The molecule has 0 spiro atoms. The Labute approximate surface area is 124 Å². The third-order valence-corrected chi connectivity index (χ3v) is 4.12. The summed E-state index contributed by atoms with van der Waals surface area (Å²) in [5.41, 5.74) is 0.144. The van der Waals surface area contributed by atoms with E-state index >= 15 is 0 Å². The van der Waals surface area contributed by atoms with Crippen LogP contribution < -0.4 is 0 Å². The van der Waals surface area contributed by atoms with E-state index in [1.165, 1.54) is 0 Å². The molecule has 1 fully saturated rings. The molecule has 0 aromatic heterocycles. The monoisotopic (exact) mass is 281 g/mol. The van der Waals surface area contributed by atoms with E-state index in [4.69, 9.17) is 0 Å². The molecule has 1 aliphatic heterocycles. The van der Waals surface area contributed by atoms with Gasteiger partial charge in [-0.15, -0.1) is 0 Å². The van der Waals surface area contributed by atoms with Crippen molar-refractivity contribution in [1.82, 2.24) is 4.90 Å². The Hall–Kier alpha value is -2.13. The Morgan fingerprint density at radius 2 is 1.52 bits per heavy atom. The van der Waals surface area contributed by atoms with Crippen molar-refractivity contribution in [3.05, 3.63) is 71.8 Å². The van der Waals surface area contributed by atoms with E-state index in [1.54, 1.807) is 4.90 Å². The topological polar surface area (TPSA) is 40.5 Å². The molecular weight excluding hydrogens is 262 g/mol. The van der Waals surface area contributed by atoms with Crippen LogP contribution in [-0.2, 0) is 10.4 Å². The van der Waals surface area contributed by atoms with Crippen LogP contribution in [0.5, 0.6) is 0 Å². The minimum atomic E-state index is -1.47. The van der Waals surface area contributed by atoms with E-state index in [9.17, 15) is 9.90 Å². The van der Waals surface area contributed by atoms with Crippen molar-refractivity contribution < 1.29 is 9.90 Å². The molecule has 0 bridgehead atoms. The predicted molar refractivity (Wildman–Crippen MR) is 81.5 cm³/mol. The largest absolute Gasteiger partial charge is 0.373 e. The van der Waals surface area contributed by atoms with Gasteiger partial charge >= 0.3 is 0 Å². The Morgan fingerprint density at radius 3 is 2.05 bits per heavy atom. The van der Waals surface area contributed by atoms with Gasteiger partial charge in [-0.1, -0.05) is 60.7 Å². The van der Waals surface area contributed by atoms with Crippen LogP contribution in [0.15, 0.2) is 60.7 Å². The highest BCUT2D eigenvalue weighted by molar-refractivity contribution is 5.94. The quantitative estimate of drug-likeness (QED) is 0.879. The highest BCUT2D eigenvalue weighted by Crippen LogP contribution is 2.50. The molecule has 3 rings (SSSR count). The lowest BCUT2D eigenvalue weighted by molar-refractivity contribution is -0.201. The molecule has 2 aromatic carbocycles. The molecule has 1 amide bonds. The number of hydrogen-bond donors (Lipinski definition) is 1. The number of hydrogen-bond acceptors (Lipinski definition) is 2. The van der Waals surface area contributed by atoms with Crippen LogP contribution in [0.1, 0.15) is 31.0 Å². The van der Waals surface area contributed by atoms with Crippen LogP contribution in [-0.4, -0.2) is 22.0 Å². The molecule has 1 aliphatic rings. The first-order valence-electron chi connectivity index (χ1n) is 7.22. The molecule has 0 unspecified atom stereocenters. The lowest BCUT2D eigenvalue weighted by Gasteiger charge is -2.55. The number of benzene rings is 2. The van der Waals surface area contributed by atoms with E-state index in [1.807, 2.05) is 74.5 Å². The molecule has 21 heavy (non-hydrogen) atoms. The molecule has 0 aliphatic carbocycles. The second-order valence-corrected chi connectivity index (χ2v) is 5.75. The summed E-state index contributed by atoms with van der Waals surface area (Å²) < 4.78 is 0. The molecule has 3 nitrogen and oxygen atoms in total. The third kappa shape index (κ3) is 1.96. The minimum Gasteiger partial charge on any atom is -0.373 e. The summed E-state index contributed by atoms with van der Waals surface area (Å²) >= 11 is 0. The number of amides is 1. The van der Waals surface area contributed by atoms with Crippen molar-refractivity contribution in [2.45, 2.75) is 31.5 Å². The smallest absolute Gasteiger partial charge is 0.262 e. The van der Waals surface area contributed by atoms with Crippen LogP contribution in [0.25, 0.3) is 0 Å². The number of nitrogens with zero attached hydrogens (tertiary/aromatic N) is 1. The van der Waals surface area contributed by atoms with Gasteiger partial charge in [0, 0.05) is 6.04 Å². The van der Waals surface area contributed by atoms with Gasteiger partial charge in [-0.2, -0.15) is 0 Å². The highest BCUT2D eigenvalue weighted by Gasteiger charge is 2.62. The van der Waals surface area contributed by atoms with Gasteiger partial charge < -0.3 is 10.0 Å². The van der Waals surface area contributed by atoms with Gasteiger partial charge in [0.1, 0.15) is 0 Å². The van der Waals surface area contributed by atoms with Crippen molar-refractivity contribution in [1.29, 1.82) is 0 Å². The van der Waals surface area contributed by atoms with Crippen LogP contribution in [0, 0.1) is 0 Å². The van der Waals surface area contributed by atoms with Crippen LogP contribution in [0.4, 0.5) is 0 Å². The van der Waals surface area contributed by atoms with Gasteiger partial charge in [0.15, 0.2) is 5.60 Å². The second-order valence-electron chi connectivity index (χ2n) is 5.75. The number of carbonyl (C=O) groups excluding carboxylic acids is 1. The van der Waals surface area contributed by atoms with Gasteiger partial charge in [0.05, 0.1) is 6.04 Å². The van der Waals surface area contributed by atoms with E-state index in [0.29, 0.717) is 5.56 Å². The van der Waals surface area contributed by atoms with Crippen LogP contribution in [0.3, 0.4) is 0 Å². The fourth-order valence-corrected chi connectivity index (χ4v) is 3.11. The van der Waals surface area contributed by atoms with Crippen LogP contribution >= 0.6 is 0 Å². The maximum Gasteiger partial charge on any atom is 0.262 e. The first kappa shape index (κ1) is 13.8. The lowest BCUT2D eigenvalue weighted by atomic mass is 9.72. The van der Waals surface area contributed by atoms with Gasteiger partial charge in [-0.05, 0) is 25.0 Å². The molecule has 108 valence electrons. The molecule has 1 N–H and O–H groups in total. The number of carbonyl (C=O) groups is 1. The Morgan fingerprint density at radius 1 is 1.00 bits per heavy atom. The summed E-state index contributed by atoms with van der Waals surface area (Å²) in [7, 11) is 0. The summed E-state index contributed by atoms with van der Waals surface area (Å²) in [4.78, 5) is 14.3. The first-order valence-corrected chi connectivity index (χ1v) is 7.22. The van der Waals surface area contributed by atoms with Gasteiger partial charge in [-0.3, -0.25) is 4.79 Å². The third-order valence-electron chi connectivity index (χ3n) is 4.12. The fraction of sp³-hybridized carbons (Fsp3) is 0.278. The molecular formula is C18H19NO2. The molecule has 3 heteroatoms. The molecule has 0 saturated carbocycles. The SMILES string of the molecule is CC(C)N1C(=O)[C@@](O)(c2ccccc2)[C@H]1c1ccccc1. The van der Waals surface area contributed by atoms with Crippen molar-refractivity contribution >= 4 is 5.91 Å². The van der Waals surface area contributed by atoms with Crippen molar-refractivity contribution in [2.24, 2.45) is 0 Å². The molecule has 0 radical (unpaired) electrons. The molecule has 1 heterocycles. The molecule has 1 saturated heterocycles. The lowest BCUT2D eigenvalue weighted by Crippen LogP contribution is -2.67. The number of rotatable bonds is 3. The highest BCUT2D eigenvalue weighted by atomic mass is 16.3. The fourth-order valence-electron chi connectivity index (χ4n) is 3.11. The second kappa shape index (κ2) is 5.01. The normalized spacial score (nSPS) is 25.0. The summed E-state index contributed by atoms with van der Waals surface area (Å²) in [5, 5.41) is 11.1. The van der Waals surface area contributed by atoms with Gasteiger partial charge in [0.25, 0.3) is 5.91 Å². The molecule has 2 atom stereocenters. The van der Waals surface area contributed by atoms with Crippen LogP contribution in [0.2, 0.25) is 0 Å². The van der Waals surface area contributed by atoms with Gasteiger partial charge in [0.2, 0.25) is 0 Å². The summed E-state index contributed by atoms with van der Waals surface area (Å²) in [5.74, 6) is -0.224. The Balaban J connectivity index is 2.09. The average molecular weight is 281 g/mol. The maximum absolute atomic E-state index is 12.6. The number of aliphatic hydroxyl groups is 1. The van der Waals surface area contributed by atoms with E-state index < -0.39 is 5.60 Å². The van der Waals surface area contributed by atoms with E-state index in [0.717, 1.165) is 5.56 Å². The van der Waals surface area contributed by atoms with E-state index in [-0.39, 0.29) is 18.0 Å². The Kier molecular flexibility index (Phi) is 3.30. The Bertz CT molecular complexity index is 639.